The van der Waals surface area contributed by atoms with Gasteiger partial charge < -0.3 is 20.3 Å². The largest absolute Gasteiger partial charge is 0.444 e. The summed E-state index contributed by atoms with van der Waals surface area (Å²) < 4.78 is 5.08. The fourth-order valence-corrected chi connectivity index (χ4v) is 2.22. The minimum absolute atomic E-state index is 0.185. The number of nitrogens with one attached hydrogen (secondary N) is 1. The fourth-order valence-electron chi connectivity index (χ4n) is 1.87. The van der Waals surface area contributed by atoms with Crippen molar-refractivity contribution in [1.29, 1.82) is 0 Å². The van der Waals surface area contributed by atoms with Gasteiger partial charge in [0.25, 0.3) is 0 Å². The molecule has 0 fully saturated rings. The van der Waals surface area contributed by atoms with Crippen molar-refractivity contribution >= 4 is 17.7 Å². The highest BCUT2D eigenvalue weighted by Gasteiger charge is 2.21. The first-order chi connectivity index (χ1) is 10.1. The van der Waals surface area contributed by atoms with Gasteiger partial charge in [-0.05, 0) is 45.7 Å². The normalized spacial score (nSPS) is 14.3. The van der Waals surface area contributed by atoms with Crippen molar-refractivity contribution < 1.29 is 19.7 Å². The highest BCUT2D eigenvalue weighted by Crippen LogP contribution is 2.27. The number of aryl methyl sites for hydroxylation is 1. The van der Waals surface area contributed by atoms with Gasteiger partial charge in [0.15, 0.2) is 0 Å². The van der Waals surface area contributed by atoms with Crippen LogP contribution in [0.5, 0.6) is 0 Å². The molecule has 1 rings (SSSR count). The number of aliphatic hydroxyl groups is 2. The Balaban J connectivity index is 2.48. The maximum absolute atomic E-state index is 11.5. The third-order valence-corrected chi connectivity index (χ3v) is 3.27. The third kappa shape index (κ3) is 6.22. The van der Waals surface area contributed by atoms with E-state index < -0.39 is 23.9 Å². The summed E-state index contributed by atoms with van der Waals surface area (Å²) in [6.45, 7) is 7.39. The van der Waals surface area contributed by atoms with Gasteiger partial charge in [-0.2, -0.15) is 0 Å². The van der Waals surface area contributed by atoms with Crippen LogP contribution in [-0.2, 0) is 4.74 Å². The van der Waals surface area contributed by atoms with Crippen LogP contribution in [0.25, 0.3) is 0 Å². The number of carbonyl (C=O) groups excluding carboxylic acids is 1. The number of alkyl carbamates (subject to hydrolysis) is 1. The Kier molecular flexibility index (Phi) is 6.66. The molecule has 2 atom stereocenters. The molecule has 2 unspecified atom stereocenters. The number of benzene rings is 1. The molecule has 0 aliphatic rings. The molecule has 22 heavy (non-hydrogen) atoms. The Bertz CT molecular complexity index is 513. The monoisotopic (exact) mass is 329 g/mol. The molecule has 0 saturated carbocycles. The van der Waals surface area contributed by atoms with E-state index in [0.29, 0.717) is 10.6 Å². The van der Waals surface area contributed by atoms with Crippen molar-refractivity contribution in [3.63, 3.8) is 0 Å². The van der Waals surface area contributed by atoms with Crippen molar-refractivity contribution in [2.45, 2.75) is 51.9 Å². The van der Waals surface area contributed by atoms with E-state index >= 15 is 0 Å². The molecular weight excluding hydrogens is 306 g/mol. The van der Waals surface area contributed by atoms with Crippen LogP contribution < -0.4 is 5.32 Å². The lowest BCUT2D eigenvalue weighted by molar-refractivity contribution is 0.0123. The number of ether oxygens (including phenoxy) is 1. The summed E-state index contributed by atoms with van der Waals surface area (Å²) in [7, 11) is 0. The molecule has 0 heterocycles. The second-order valence-corrected chi connectivity index (χ2v) is 6.66. The maximum Gasteiger partial charge on any atom is 0.407 e. The summed E-state index contributed by atoms with van der Waals surface area (Å²) in [6.07, 6.45) is -2.50. The van der Waals surface area contributed by atoms with E-state index in [-0.39, 0.29) is 13.0 Å². The smallest absolute Gasteiger partial charge is 0.407 e. The Labute approximate surface area is 136 Å². The molecule has 1 aromatic carbocycles. The standard InChI is InChI=1S/C16H24ClNO4/c1-10-5-6-11(12(17)9-10)14(20)13(19)7-8-18-15(21)22-16(2,3)4/h5-6,9,13-14,19-20H,7-8H2,1-4H3,(H,18,21). The zero-order valence-electron chi connectivity index (χ0n) is 13.4. The van der Waals surface area contributed by atoms with Gasteiger partial charge in [-0.3, -0.25) is 0 Å². The van der Waals surface area contributed by atoms with E-state index in [4.69, 9.17) is 16.3 Å². The SMILES string of the molecule is Cc1ccc(C(O)C(O)CCNC(=O)OC(C)(C)C)c(Cl)c1. The fraction of sp³-hybridized carbons (Fsp3) is 0.562. The predicted octanol–water partition coefficient (Wildman–Crippen LogP) is 2.96. The van der Waals surface area contributed by atoms with Gasteiger partial charge in [0.05, 0.1) is 6.10 Å². The number of halogens is 1. The number of aliphatic hydroxyl groups excluding tert-OH is 2. The molecule has 0 bridgehead atoms. The van der Waals surface area contributed by atoms with Crippen molar-refractivity contribution in [2.75, 3.05) is 6.54 Å². The molecule has 124 valence electrons. The van der Waals surface area contributed by atoms with E-state index in [1.54, 1.807) is 32.9 Å². The Morgan fingerprint density at radius 3 is 2.55 bits per heavy atom. The highest BCUT2D eigenvalue weighted by molar-refractivity contribution is 6.31. The summed E-state index contributed by atoms with van der Waals surface area (Å²) in [4.78, 5) is 11.5. The Morgan fingerprint density at radius 1 is 1.36 bits per heavy atom. The lowest BCUT2D eigenvalue weighted by Gasteiger charge is -2.21. The summed E-state index contributed by atoms with van der Waals surface area (Å²) >= 11 is 6.06. The Morgan fingerprint density at radius 2 is 2.00 bits per heavy atom. The van der Waals surface area contributed by atoms with Crippen molar-refractivity contribution in [1.82, 2.24) is 5.32 Å². The van der Waals surface area contributed by atoms with Crippen LogP contribution in [0.15, 0.2) is 18.2 Å². The number of hydrogen-bond donors (Lipinski definition) is 3. The Hall–Kier alpha value is -1.30. The molecule has 0 spiro atoms. The number of amides is 1. The van der Waals surface area contributed by atoms with Crippen LogP contribution in [0.2, 0.25) is 5.02 Å². The first-order valence-corrected chi connectivity index (χ1v) is 7.57. The van der Waals surface area contributed by atoms with E-state index in [9.17, 15) is 15.0 Å². The van der Waals surface area contributed by atoms with Crippen molar-refractivity contribution in [2.24, 2.45) is 0 Å². The van der Waals surface area contributed by atoms with E-state index in [1.165, 1.54) is 0 Å². The van der Waals surface area contributed by atoms with Gasteiger partial charge in [0.2, 0.25) is 0 Å². The molecule has 3 N–H and O–H groups in total. The number of carbonyl (C=O) groups is 1. The molecule has 0 aliphatic heterocycles. The molecule has 0 aliphatic carbocycles. The molecule has 1 aromatic rings. The van der Waals surface area contributed by atoms with E-state index in [2.05, 4.69) is 5.32 Å². The van der Waals surface area contributed by atoms with Crippen LogP contribution in [0.3, 0.4) is 0 Å². The zero-order chi connectivity index (χ0) is 16.9. The van der Waals surface area contributed by atoms with Crippen LogP contribution >= 0.6 is 11.6 Å². The lowest BCUT2D eigenvalue weighted by Crippen LogP contribution is -2.34. The van der Waals surface area contributed by atoms with E-state index in [0.717, 1.165) is 5.56 Å². The van der Waals surface area contributed by atoms with Crippen LogP contribution in [-0.4, -0.2) is 34.6 Å². The zero-order valence-corrected chi connectivity index (χ0v) is 14.1. The summed E-state index contributed by atoms with van der Waals surface area (Å²) in [5, 5.41) is 23.1. The number of rotatable bonds is 5. The molecule has 1 amide bonds. The number of hydrogen-bond acceptors (Lipinski definition) is 4. The predicted molar refractivity (Wildman–Crippen MR) is 86.0 cm³/mol. The van der Waals surface area contributed by atoms with E-state index in [1.807, 2.05) is 13.0 Å². The summed E-state index contributed by atoms with van der Waals surface area (Å²) in [5.41, 5.74) is 0.872. The molecule has 6 heteroatoms. The van der Waals surface area contributed by atoms with Crippen LogP contribution in [0.1, 0.15) is 44.4 Å². The minimum Gasteiger partial charge on any atom is -0.444 e. The minimum atomic E-state index is -1.10. The van der Waals surface area contributed by atoms with Gasteiger partial charge in [0.1, 0.15) is 11.7 Å². The lowest BCUT2D eigenvalue weighted by atomic mass is 10.0. The quantitative estimate of drug-likeness (QED) is 0.776. The van der Waals surface area contributed by atoms with Crippen molar-refractivity contribution in [3.8, 4) is 0 Å². The maximum atomic E-state index is 11.5. The average Bonchev–Trinajstić information content (AvgIpc) is 2.35. The average molecular weight is 330 g/mol. The first-order valence-electron chi connectivity index (χ1n) is 7.19. The van der Waals surface area contributed by atoms with Gasteiger partial charge in [0, 0.05) is 17.1 Å². The first kappa shape index (κ1) is 18.7. The summed E-state index contributed by atoms with van der Waals surface area (Å²) in [6, 6.07) is 5.23. The van der Waals surface area contributed by atoms with Crippen LogP contribution in [0.4, 0.5) is 4.79 Å². The molecule has 0 saturated heterocycles. The van der Waals surface area contributed by atoms with Crippen LogP contribution in [0, 0.1) is 6.92 Å². The van der Waals surface area contributed by atoms with Gasteiger partial charge in [-0.15, -0.1) is 0 Å². The van der Waals surface area contributed by atoms with Gasteiger partial charge in [-0.1, -0.05) is 23.7 Å². The summed E-state index contributed by atoms with van der Waals surface area (Å²) in [5.74, 6) is 0. The van der Waals surface area contributed by atoms with Crippen molar-refractivity contribution in [3.05, 3.63) is 34.3 Å². The molecule has 0 radical (unpaired) electrons. The molecule has 5 nitrogen and oxygen atoms in total. The second kappa shape index (κ2) is 7.81. The molecular formula is C16H24ClNO4. The third-order valence-electron chi connectivity index (χ3n) is 2.95. The topological polar surface area (TPSA) is 78.8 Å². The highest BCUT2D eigenvalue weighted by atomic mass is 35.5. The second-order valence-electron chi connectivity index (χ2n) is 6.25. The molecule has 0 aromatic heterocycles. The van der Waals surface area contributed by atoms with Gasteiger partial charge >= 0.3 is 6.09 Å². The van der Waals surface area contributed by atoms with Gasteiger partial charge in [-0.25, -0.2) is 4.79 Å².